The van der Waals surface area contributed by atoms with Crippen LogP contribution in [-0.2, 0) is 0 Å². The van der Waals surface area contributed by atoms with E-state index in [0.717, 1.165) is 18.9 Å². The Labute approximate surface area is 104 Å². The molecule has 1 aliphatic carbocycles. The zero-order valence-corrected chi connectivity index (χ0v) is 10.9. The first-order chi connectivity index (χ1) is 8.16. The molecule has 2 rings (SSSR count). The van der Waals surface area contributed by atoms with Crippen molar-refractivity contribution in [2.24, 2.45) is 5.41 Å². The Hall–Kier alpha value is -1.02. The summed E-state index contributed by atoms with van der Waals surface area (Å²) in [7, 11) is 0. The molecule has 0 aliphatic heterocycles. The fourth-order valence-electron chi connectivity index (χ4n) is 2.56. The number of nitrogens with one attached hydrogen (secondary N) is 1. The highest BCUT2D eigenvalue weighted by molar-refractivity contribution is 5.20. The van der Waals surface area contributed by atoms with Crippen molar-refractivity contribution in [3.8, 4) is 5.75 Å². The van der Waals surface area contributed by atoms with E-state index in [-0.39, 0.29) is 0 Å². The summed E-state index contributed by atoms with van der Waals surface area (Å²) in [4.78, 5) is 0. The van der Waals surface area contributed by atoms with Gasteiger partial charge in [0, 0.05) is 12.6 Å². The molecule has 17 heavy (non-hydrogen) atoms. The Morgan fingerprint density at radius 1 is 1.29 bits per heavy atom. The van der Waals surface area contributed by atoms with Gasteiger partial charge in [-0.25, -0.2) is 0 Å². The zero-order chi connectivity index (χ0) is 12.1. The van der Waals surface area contributed by atoms with E-state index in [0.29, 0.717) is 11.5 Å². The molecule has 0 heterocycles. The van der Waals surface area contributed by atoms with Crippen LogP contribution in [0.5, 0.6) is 5.75 Å². The van der Waals surface area contributed by atoms with Crippen molar-refractivity contribution in [3.63, 3.8) is 0 Å². The molecule has 0 aromatic heterocycles. The first-order valence-electron chi connectivity index (χ1n) is 6.57. The molecule has 1 N–H and O–H groups in total. The van der Waals surface area contributed by atoms with Crippen molar-refractivity contribution in [1.29, 1.82) is 0 Å². The lowest BCUT2D eigenvalue weighted by atomic mass is 9.92. The minimum absolute atomic E-state index is 0.526. The maximum atomic E-state index is 5.66. The lowest BCUT2D eigenvalue weighted by Gasteiger charge is -2.18. The van der Waals surface area contributed by atoms with Gasteiger partial charge in [0.2, 0.25) is 0 Å². The van der Waals surface area contributed by atoms with E-state index in [1.807, 2.05) is 30.3 Å². The molecule has 1 atom stereocenters. The second kappa shape index (κ2) is 5.54. The Morgan fingerprint density at radius 2 is 2.06 bits per heavy atom. The van der Waals surface area contributed by atoms with Crippen molar-refractivity contribution in [1.82, 2.24) is 5.32 Å². The average Bonchev–Trinajstić information content (AvgIpc) is 2.66. The van der Waals surface area contributed by atoms with Crippen LogP contribution in [-0.4, -0.2) is 19.2 Å². The quantitative estimate of drug-likeness (QED) is 0.788. The van der Waals surface area contributed by atoms with Gasteiger partial charge in [0.15, 0.2) is 0 Å². The summed E-state index contributed by atoms with van der Waals surface area (Å²) in [5, 5.41) is 3.58. The highest BCUT2D eigenvalue weighted by atomic mass is 16.5. The maximum absolute atomic E-state index is 5.66. The summed E-state index contributed by atoms with van der Waals surface area (Å²) in [6, 6.07) is 10.7. The molecule has 1 fully saturated rings. The SMILES string of the molecule is CC1(C)CCC(NCCOc2ccccc2)C1. The molecule has 0 amide bonds. The van der Waals surface area contributed by atoms with Crippen LogP contribution in [0.15, 0.2) is 30.3 Å². The van der Waals surface area contributed by atoms with Gasteiger partial charge in [-0.2, -0.15) is 0 Å². The predicted octanol–water partition coefficient (Wildman–Crippen LogP) is 3.23. The van der Waals surface area contributed by atoms with Crippen molar-refractivity contribution >= 4 is 0 Å². The lowest BCUT2D eigenvalue weighted by Crippen LogP contribution is -2.31. The van der Waals surface area contributed by atoms with Gasteiger partial charge < -0.3 is 10.1 Å². The van der Waals surface area contributed by atoms with Gasteiger partial charge in [-0.15, -0.1) is 0 Å². The highest BCUT2D eigenvalue weighted by Gasteiger charge is 2.30. The van der Waals surface area contributed by atoms with Gasteiger partial charge in [-0.3, -0.25) is 0 Å². The van der Waals surface area contributed by atoms with Crippen LogP contribution in [0.4, 0.5) is 0 Å². The molecule has 1 aliphatic rings. The fourth-order valence-corrected chi connectivity index (χ4v) is 2.56. The van der Waals surface area contributed by atoms with Gasteiger partial charge in [-0.05, 0) is 36.8 Å². The molecular weight excluding hydrogens is 210 g/mol. The van der Waals surface area contributed by atoms with Crippen LogP contribution in [0.3, 0.4) is 0 Å². The van der Waals surface area contributed by atoms with Crippen molar-refractivity contribution in [2.75, 3.05) is 13.2 Å². The molecule has 0 bridgehead atoms. The molecule has 1 aromatic carbocycles. The molecule has 1 unspecified atom stereocenters. The monoisotopic (exact) mass is 233 g/mol. The van der Waals surface area contributed by atoms with E-state index < -0.39 is 0 Å². The third-order valence-corrected chi connectivity index (χ3v) is 3.52. The minimum atomic E-state index is 0.526. The van der Waals surface area contributed by atoms with E-state index in [2.05, 4.69) is 19.2 Å². The van der Waals surface area contributed by atoms with Gasteiger partial charge in [0.25, 0.3) is 0 Å². The third kappa shape index (κ3) is 4.04. The number of para-hydroxylation sites is 1. The predicted molar refractivity (Wildman–Crippen MR) is 71.4 cm³/mol. The molecule has 1 saturated carbocycles. The molecular formula is C15H23NO. The minimum Gasteiger partial charge on any atom is -0.492 e. The molecule has 1 aromatic rings. The lowest BCUT2D eigenvalue weighted by molar-refractivity contribution is 0.299. The number of rotatable bonds is 5. The molecule has 0 saturated heterocycles. The molecule has 2 heteroatoms. The maximum Gasteiger partial charge on any atom is 0.119 e. The van der Waals surface area contributed by atoms with Crippen LogP contribution in [0.1, 0.15) is 33.1 Å². The second-order valence-electron chi connectivity index (χ2n) is 5.72. The van der Waals surface area contributed by atoms with Crippen LogP contribution < -0.4 is 10.1 Å². The normalized spacial score (nSPS) is 22.6. The molecule has 0 radical (unpaired) electrons. The van der Waals surface area contributed by atoms with Gasteiger partial charge in [0.1, 0.15) is 12.4 Å². The van der Waals surface area contributed by atoms with Crippen molar-refractivity contribution < 1.29 is 4.74 Å². The van der Waals surface area contributed by atoms with Crippen LogP contribution in [0.2, 0.25) is 0 Å². The Bertz CT molecular complexity index is 334. The zero-order valence-electron chi connectivity index (χ0n) is 10.9. The van der Waals surface area contributed by atoms with Crippen molar-refractivity contribution in [2.45, 2.75) is 39.2 Å². The number of hydrogen-bond acceptors (Lipinski definition) is 2. The van der Waals surface area contributed by atoms with E-state index in [1.165, 1.54) is 19.3 Å². The smallest absolute Gasteiger partial charge is 0.119 e. The Kier molecular flexibility index (Phi) is 4.06. The van der Waals surface area contributed by atoms with Crippen molar-refractivity contribution in [3.05, 3.63) is 30.3 Å². The topological polar surface area (TPSA) is 21.3 Å². The van der Waals surface area contributed by atoms with Gasteiger partial charge >= 0.3 is 0 Å². The highest BCUT2D eigenvalue weighted by Crippen LogP contribution is 2.36. The van der Waals surface area contributed by atoms with Crippen LogP contribution in [0.25, 0.3) is 0 Å². The van der Waals surface area contributed by atoms with E-state index in [1.54, 1.807) is 0 Å². The number of ether oxygens (including phenoxy) is 1. The fraction of sp³-hybridized carbons (Fsp3) is 0.600. The molecule has 94 valence electrons. The number of hydrogen-bond donors (Lipinski definition) is 1. The summed E-state index contributed by atoms with van der Waals surface area (Å²) < 4.78 is 5.66. The number of benzene rings is 1. The Balaban J connectivity index is 1.61. The van der Waals surface area contributed by atoms with E-state index in [9.17, 15) is 0 Å². The van der Waals surface area contributed by atoms with Crippen LogP contribution >= 0.6 is 0 Å². The standard InChI is InChI=1S/C15H23NO/c1-15(2)9-8-13(12-15)16-10-11-17-14-6-4-3-5-7-14/h3-7,13,16H,8-12H2,1-2H3. The Morgan fingerprint density at radius 3 is 2.71 bits per heavy atom. The van der Waals surface area contributed by atoms with E-state index >= 15 is 0 Å². The first kappa shape index (κ1) is 12.4. The molecule has 0 spiro atoms. The summed E-state index contributed by atoms with van der Waals surface area (Å²) >= 11 is 0. The van der Waals surface area contributed by atoms with Gasteiger partial charge in [0.05, 0.1) is 0 Å². The summed E-state index contributed by atoms with van der Waals surface area (Å²) in [6.07, 6.45) is 3.93. The third-order valence-electron chi connectivity index (χ3n) is 3.52. The largest absolute Gasteiger partial charge is 0.492 e. The second-order valence-corrected chi connectivity index (χ2v) is 5.72. The summed E-state index contributed by atoms with van der Waals surface area (Å²) in [5.41, 5.74) is 0.526. The molecule has 2 nitrogen and oxygen atoms in total. The van der Waals surface area contributed by atoms with E-state index in [4.69, 9.17) is 4.74 Å². The van der Waals surface area contributed by atoms with Crippen LogP contribution in [0, 0.1) is 5.41 Å². The first-order valence-corrected chi connectivity index (χ1v) is 6.57. The summed E-state index contributed by atoms with van der Waals surface area (Å²) in [6.45, 7) is 6.40. The van der Waals surface area contributed by atoms with Gasteiger partial charge in [-0.1, -0.05) is 32.0 Å². The average molecular weight is 233 g/mol. The summed E-state index contributed by atoms with van der Waals surface area (Å²) in [5.74, 6) is 0.959.